The van der Waals surface area contributed by atoms with Gasteiger partial charge in [0, 0.05) is 31.1 Å². The number of aliphatic hydroxyl groups excluding tert-OH is 1. The van der Waals surface area contributed by atoms with Crippen LogP contribution in [0.5, 0.6) is 0 Å². The van der Waals surface area contributed by atoms with Crippen molar-refractivity contribution >= 4 is 0 Å². The van der Waals surface area contributed by atoms with Crippen LogP contribution in [0, 0.1) is 5.92 Å². The molecule has 1 saturated heterocycles. The van der Waals surface area contributed by atoms with Crippen LogP contribution in [0.25, 0.3) is 0 Å². The minimum Gasteiger partial charge on any atom is -0.396 e. The van der Waals surface area contributed by atoms with Gasteiger partial charge in [-0.1, -0.05) is 0 Å². The second-order valence-corrected chi connectivity index (χ2v) is 4.49. The van der Waals surface area contributed by atoms with Gasteiger partial charge < -0.3 is 10.1 Å². The molecule has 0 spiro atoms. The Morgan fingerprint density at radius 2 is 2.53 bits per heavy atom. The van der Waals surface area contributed by atoms with E-state index in [1.807, 2.05) is 12.3 Å². The Labute approximate surface area is 91.1 Å². The van der Waals surface area contributed by atoms with E-state index in [0.29, 0.717) is 18.6 Å². The number of nitrogens with zero attached hydrogens (tertiary/aromatic N) is 1. The third kappa shape index (κ3) is 2.41. The molecule has 2 N–H and O–H groups in total. The Kier molecular flexibility index (Phi) is 3.44. The molecular weight excluding hydrogens is 188 g/mol. The fraction of sp³-hybridized carbons (Fsp3) is 0.667. The van der Waals surface area contributed by atoms with Gasteiger partial charge in [0.05, 0.1) is 0 Å². The Morgan fingerprint density at radius 3 is 3.20 bits per heavy atom. The minimum absolute atomic E-state index is 0.327. The summed E-state index contributed by atoms with van der Waals surface area (Å²) in [6, 6.07) is 4.61. The first-order valence-electron chi connectivity index (χ1n) is 5.79. The number of likely N-dealkylation sites (tertiary alicyclic amines) is 1. The highest BCUT2D eigenvalue weighted by atomic mass is 16.3. The summed E-state index contributed by atoms with van der Waals surface area (Å²) in [5.41, 5.74) is 1.27. The average Bonchev–Trinajstić information content (AvgIpc) is 2.81. The summed E-state index contributed by atoms with van der Waals surface area (Å²) in [7, 11) is 0. The highest BCUT2D eigenvalue weighted by molar-refractivity contribution is 5.08. The molecule has 3 heteroatoms. The van der Waals surface area contributed by atoms with E-state index in [1.165, 1.54) is 18.5 Å². The van der Waals surface area contributed by atoms with Gasteiger partial charge in [0.25, 0.3) is 0 Å². The van der Waals surface area contributed by atoms with Gasteiger partial charge in [-0.25, -0.2) is 0 Å². The number of rotatable bonds is 3. The van der Waals surface area contributed by atoms with Crippen molar-refractivity contribution in [1.29, 1.82) is 0 Å². The zero-order valence-corrected chi connectivity index (χ0v) is 9.32. The summed E-state index contributed by atoms with van der Waals surface area (Å²) >= 11 is 0. The standard InChI is InChI=1S/C12H20N2O/c1-10(12-5-2-6-13-12)14-7-3-4-11(8-14)9-15/h2,5-6,10-11,13,15H,3-4,7-9H2,1H3/t10-,11-/m0/s1. The monoisotopic (exact) mass is 208 g/mol. The van der Waals surface area contributed by atoms with E-state index in [4.69, 9.17) is 0 Å². The Hall–Kier alpha value is -0.800. The summed E-state index contributed by atoms with van der Waals surface area (Å²) in [5.74, 6) is 0.469. The number of nitrogens with one attached hydrogen (secondary N) is 1. The maximum absolute atomic E-state index is 9.19. The molecule has 1 aliphatic rings. The normalized spacial score (nSPS) is 25.3. The lowest BCUT2D eigenvalue weighted by Crippen LogP contribution is -2.38. The largest absolute Gasteiger partial charge is 0.396 e. The van der Waals surface area contributed by atoms with E-state index >= 15 is 0 Å². The van der Waals surface area contributed by atoms with Gasteiger partial charge in [0.2, 0.25) is 0 Å². The van der Waals surface area contributed by atoms with Crippen molar-refractivity contribution < 1.29 is 5.11 Å². The molecule has 15 heavy (non-hydrogen) atoms. The summed E-state index contributed by atoms with van der Waals surface area (Å²) in [5, 5.41) is 9.19. The molecule has 1 fully saturated rings. The first kappa shape index (κ1) is 10.7. The third-order valence-electron chi connectivity index (χ3n) is 3.43. The minimum atomic E-state index is 0.327. The number of H-pyrrole nitrogens is 1. The summed E-state index contributed by atoms with van der Waals surface area (Å²) in [6.07, 6.45) is 4.35. The number of aliphatic hydroxyl groups is 1. The third-order valence-corrected chi connectivity index (χ3v) is 3.43. The molecule has 1 aromatic rings. The van der Waals surface area contributed by atoms with Crippen molar-refractivity contribution in [3.8, 4) is 0 Å². The molecule has 0 saturated carbocycles. The SMILES string of the molecule is C[C@@H](c1ccc[nH]1)N1CCC[C@H](CO)C1. The molecule has 2 atom stereocenters. The van der Waals surface area contributed by atoms with Crippen molar-refractivity contribution in [1.82, 2.24) is 9.88 Å². The topological polar surface area (TPSA) is 39.3 Å². The van der Waals surface area contributed by atoms with E-state index in [2.05, 4.69) is 22.9 Å². The van der Waals surface area contributed by atoms with Crippen molar-refractivity contribution in [2.45, 2.75) is 25.8 Å². The van der Waals surface area contributed by atoms with Crippen LogP contribution >= 0.6 is 0 Å². The molecule has 0 unspecified atom stereocenters. The number of hydrogen-bond donors (Lipinski definition) is 2. The second-order valence-electron chi connectivity index (χ2n) is 4.49. The molecule has 84 valence electrons. The van der Waals surface area contributed by atoms with Gasteiger partial charge in [-0.05, 0) is 44.4 Å². The first-order valence-corrected chi connectivity index (χ1v) is 5.79. The molecule has 3 nitrogen and oxygen atoms in total. The van der Waals surface area contributed by atoms with E-state index in [9.17, 15) is 5.11 Å². The lowest BCUT2D eigenvalue weighted by atomic mass is 9.97. The van der Waals surface area contributed by atoms with Crippen LogP contribution in [0.3, 0.4) is 0 Å². The van der Waals surface area contributed by atoms with Crippen LogP contribution in [0.4, 0.5) is 0 Å². The highest BCUT2D eigenvalue weighted by Gasteiger charge is 2.23. The quantitative estimate of drug-likeness (QED) is 0.794. The Bertz CT molecular complexity index is 284. The zero-order valence-electron chi connectivity index (χ0n) is 9.32. The molecule has 0 bridgehead atoms. The first-order chi connectivity index (χ1) is 7.31. The Morgan fingerprint density at radius 1 is 1.67 bits per heavy atom. The van der Waals surface area contributed by atoms with E-state index < -0.39 is 0 Å². The van der Waals surface area contributed by atoms with Gasteiger partial charge in [-0.2, -0.15) is 0 Å². The van der Waals surface area contributed by atoms with E-state index in [-0.39, 0.29) is 0 Å². The molecule has 0 aliphatic carbocycles. The smallest absolute Gasteiger partial charge is 0.0471 e. The van der Waals surface area contributed by atoms with Crippen molar-refractivity contribution in [2.24, 2.45) is 5.92 Å². The number of aromatic nitrogens is 1. The number of aromatic amines is 1. The maximum atomic E-state index is 9.19. The molecule has 0 amide bonds. The molecule has 0 aromatic carbocycles. The van der Waals surface area contributed by atoms with Crippen LogP contribution in [0.1, 0.15) is 31.5 Å². The predicted molar refractivity (Wildman–Crippen MR) is 60.6 cm³/mol. The molecule has 2 rings (SSSR count). The van der Waals surface area contributed by atoms with Crippen LogP contribution in [-0.4, -0.2) is 34.7 Å². The van der Waals surface area contributed by atoms with E-state index in [1.54, 1.807) is 0 Å². The van der Waals surface area contributed by atoms with Crippen molar-refractivity contribution in [3.63, 3.8) is 0 Å². The van der Waals surface area contributed by atoms with Gasteiger partial charge >= 0.3 is 0 Å². The number of piperidine rings is 1. The van der Waals surface area contributed by atoms with Gasteiger partial charge in [-0.3, -0.25) is 4.90 Å². The molecule has 1 aromatic heterocycles. The van der Waals surface area contributed by atoms with Gasteiger partial charge in [0.15, 0.2) is 0 Å². The van der Waals surface area contributed by atoms with Gasteiger partial charge in [0.1, 0.15) is 0 Å². The van der Waals surface area contributed by atoms with Crippen LogP contribution < -0.4 is 0 Å². The lowest BCUT2D eigenvalue weighted by Gasteiger charge is -2.35. The van der Waals surface area contributed by atoms with Crippen molar-refractivity contribution in [2.75, 3.05) is 19.7 Å². The fourth-order valence-electron chi connectivity index (χ4n) is 2.40. The lowest BCUT2D eigenvalue weighted by molar-refractivity contribution is 0.0924. The van der Waals surface area contributed by atoms with Crippen molar-refractivity contribution in [3.05, 3.63) is 24.0 Å². The second kappa shape index (κ2) is 4.81. The number of hydrogen-bond acceptors (Lipinski definition) is 2. The molecular formula is C12H20N2O. The van der Waals surface area contributed by atoms with Gasteiger partial charge in [-0.15, -0.1) is 0 Å². The van der Waals surface area contributed by atoms with E-state index in [0.717, 1.165) is 13.1 Å². The predicted octanol–water partition coefficient (Wildman–Crippen LogP) is 1.78. The molecule has 1 aliphatic heterocycles. The molecule has 2 heterocycles. The fourth-order valence-corrected chi connectivity index (χ4v) is 2.40. The highest BCUT2D eigenvalue weighted by Crippen LogP contribution is 2.25. The maximum Gasteiger partial charge on any atom is 0.0471 e. The average molecular weight is 208 g/mol. The summed E-state index contributed by atoms with van der Waals surface area (Å²) in [4.78, 5) is 5.72. The van der Waals surface area contributed by atoms with Crippen LogP contribution in [-0.2, 0) is 0 Å². The van der Waals surface area contributed by atoms with Crippen LogP contribution in [0.15, 0.2) is 18.3 Å². The Balaban J connectivity index is 1.98. The summed E-state index contributed by atoms with van der Waals surface area (Å²) < 4.78 is 0. The molecule has 0 radical (unpaired) electrons. The van der Waals surface area contributed by atoms with Crippen LogP contribution in [0.2, 0.25) is 0 Å². The summed E-state index contributed by atoms with van der Waals surface area (Å²) in [6.45, 7) is 4.73. The zero-order chi connectivity index (χ0) is 10.7.